The van der Waals surface area contributed by atoms with Crippen molar-refractivity contribution in [2.24, 2.45) is 5.92 Å². The Morgan fingerprint density at radius 3 is 2.29 bits per heavy atom. The van der Waals surface area contributed by atoms with Crippen molar-refractivity contribution in [2.45, 2.75) is 19.9 Å². The molecule has 0 aliphatic carbocycles. The maximum absolute atomic E-state index is 13.7. The second-order valence-corrected chi connectivity index (χ2v) is 6.05. The van der Waals surface area contributed by atoms with E-state index in [9.17, 15) is 14.0 Å². The van der Waals surface area contributed by atoms with E-state index in [0.717, 1.165) is 0 Å². The lowest BCUT2D eigenvalue weighted by Crippen LogP contribution is -2.47. The van der Waals surface area contributed by atoms with Crippen LogP contribution in [0.1, 0.15) is 24.2 Å². The minimum absolute atomic E-state index is 0.103. The van der Waals surface area contributed by atoms with Gasteiger partial charge in [0.15, 0.2) is 0 Å². The number of para-hydroxylation sites is 1. The Morgan fingerprint density at radius 1 is 1.04 bits per heavy atom. The van der Waals surface area contributed by atoms with Crippen LogP contribution in [-0.4, -0.2) is 17.9 Å². The molecule has 0 radical (unpaired) electrons. The molecule has 0 saturated heterocycles. The molecule has 0 saturated carbocycles. The molecule has 0 aliphatic rings. The molecule has 4 nitrogen and oxygen atoms in total. The predicted octanol–water partition coefficient (Wildman–Crippen LogP) is 3.87. The third kappa shape index (κ3) is 4.32. The second kappa shape index (κ2) is 7.93. The third-order valence-corrected chi connectivity index (χ3v) is 3.82. The molecule has 0 aliphatic heterocycles. The summed E-state index contributed by atoms with van der Waals surface area (Å²) in [7, 11) is 0. The summed E-state index contributed by atoms with van der Waals surface area (Å²) in [6.07, 6.45) is 0. The van der Waals surface area contributed by atoms with Crippen LogP contribution in [0, 0.1) is 11.7 Å². The SMILES string of the molecule is CC(C)[C@H](NC(=O)c1ccccc1F)C(=O)Nc1ccccc1Cl. The predicted molar refractivity (Wildman–Crippen MR) is 92.6 cm³/mol. The summed E-state index contributed by atoms with van der Waals surface area (Å²) < 4.78 is 13.7. The highest BCUT2D eigenvalue weighted by Gasteiger charge is 2.26. The van der Waals surface area contributed by atoms with Crippen LogP contribution in [0.3, 0.4) is 0 Å². The van der Waals surface area contributed by atoms with E-state index in [2.05, 4.69) is 10.6 Å². The Hall–Kier alpha value is -2.40. The fourth-order valence-corrected chi connectivity index (χ4v) is 2.36. The Kier molecular flexibility index (Phi) is 5.93. The molecule has 2 aromatic rings. The van der Waals surface area contributed by atoms with Crippen LogP contribution in [0.2, 0.25) is 5.02 Å². The molecule has 1 atom stereocenters. The summed E-state index contributed by atoms with van der Waals surface area (Å²) in [6.45, 7) is 3.58. The molecule has 24 heavy (non-hydrogen) atoms. The van der Waals surface area contributed by atoms with E-state index in [-0.39, 0.29) is 11.5 Å². The number of carbonyl (C=O) groups is 2. The Bertz CT molecular complexity index is 749. The number of anilines is 1. The molecular weight excluding hydrogens is 331 g/mol. The van der Waals surface area contributed by atoms with Crippen molar-refractivity contribution in [1.29, 1.82) is 0 Å². The smallest absolute Gasteiger partial charge is 0.254 e. The maximum atomic E-state index is 13.7. The largest absolute Gasteiger partial charge is 0.340 e. The fourth-order valence-electron chi connectivity index (χ4n) is 2.17. The molecule has 0 unspecified atom stereocenters. The molecule has 6 heteroatoms. The molecule has 2 aromatic carbocycles. The number of hydrogen-bond donors (Lipinski definition) is 2. The van der Waals surface area contributed by atoms with E-state index in [1.54, 1.807) is 44.2 Å². The van der Waals surface area contributed by atoms with Crippen molar-refractivity contribution in [1.82, 2.24) is 5.32 Å². The summed E-state index contributed by atoms with van der Waals surface area (Å²) in [5, 5.41) is 5.66. The van der Waals surface area contributed by atoms with Gasteiger partial charge in [-0.25, -0.2) is 4.39 Å². The van der Waals surface area contributed by atoms with E-state index in [1.165, 1.54) is 18.2 Å². The summed E-state index contributed by atoms with van der Waals surface area (Å²) in [5.74, 6) is -1.88. The zero-order valence-corrected chi connectivity index (χ0v) is 14.1. The lowest BCUT2D eigenvalue weighted by Gasteiger charge is -2.22. The average molecular weight is 349 g/mol. The first-order valence-corrected chi connectivity index (χ1v) is 7.88. The quantitative estimate of drug-likeness (QED) is 0.861. The third-order valence-electron chi connectivity index (χ3n) is 3.49. The average Bonchev–Trinajstić information content (AvgIpc) is 2.54. The standard InChI is InChI=1S/C18H18ClFN2O2/c1-11(2)16(18(24)21-15-10-6-4-8-13(15)19)22-17(23)12-7-3-5-9-14(12)20/h3-11,16H,1-2H3,(H,21,24)(H,22,23)/t16-/m0/s1. The number of benzene rings is 2. The van der Waals surface area contributed by atoms with Gasteiger partial charge in [-0.1, -0.05) is 49.7 Å². The fraction of sp³-hybridized carbons (Fsp3) is 0.222. The van der Waals surface area contributed by atoms with Gasteiger partial charge in [0, 0.05) is 0 Å². The first-order valence-electron chi connectivity index (χ1n) is 7.51. The maximum Gasteiger partial charge on any atom is 0.254 e. The van der Waals surface area contributed by atoms with Gasteiger partial charge in [-0.3, -0.25) is 9.59 Å². The summed E-state index contributed by atoms with van der Waals surface area (Å²) >= 11 is 6.02. The van der Waals surface area contributed by atoms with Gasteiger partial charge in [0.1, 0.15) is 11.9 Å². The van der Waals surface area contributed by atoms with Crippen molar-refractivity contribution in [3.8, 4) is 0 Å². The molecule has 0 aromatic heterocycles. The lowest BCUT2D eigenvalue weighted by molar-refractivity contribution is -0.118. The summed E-state index contributed by atoms with van der Waals surface area (Å²) in [5.41, 5.74) is 0.351. The minimum atomic E-state index is -0.826. The minimum Gasteiger partial charge on any atom is -0.340 e. The lowest BCUT2D eigenvalue weighted by atomic mass is 10.0. The highest BCUT2D eigenvalue weighted by atomic mass is 35.5. The van der Waals surface area contributed by atoms with Crippen LogP contribution in [-0.2, 0) is 4.79 Å². The van der Waals surface area contributed by atoms with E-state index in [1.807, 2.05) is 0 Å². The molecule has 0 spiro atoms. The first kappa shape index (κ1) is 17.9. The van der Waals surface area contributed by atoms with Gasteiger partial charge >= 0.3 is 0 Å². The van der Waals surface area contributed by atoms with Crippen LogP contribution >= 0.6 is 11.6 Å². The van der Waals surface area contributed by atoms with Gasteiger partial charge in [-0.05, 0) is 30.2 Å². The van der Waals surface area contributed by atoms with E-state index in [0.29, 0.717) is 10.7 Å². The van der Waals surface area contributed by atoms with E-state index in [4.69, 9.17) is 11.6 Å². The van der Waals surface area contributed by atoms with Crippen molar-refractivity contribution in [3.63, 3.8) is 0 Å². The number of amides is 2. The van der Waals surface area contributed by atoms with Gasteiger partial charge < -0.3 is 10.6 Å². The number of nitrogens with one attached hydrogen (secondary N) is 2. The molecule has 0 bridgehead atoms. The summed E-state index contributed by atoms with van der Waals surface area (Å²) in [4.78, 5) is 24.7. The van der Waals surface area contributed by atoms with Crippen LogP contribution in [0.4, 0.5) is 10.1 Å². The molecular formula is C18H18ClFN2O2. The molecule has 2 amide bonds. The molecule has 0 fully saturated rings. The molecule has 126 valence electrons. The topological polar surface area (TPSA) is 58.2 Å². The zero-order chi connectivity index (χ0) is 17.7. The number of carbonyl (C=O) groups excluding carboxylic acids is 2. The van der Waals surface area contributed by atoms with Gasteiger partial charge in [-0.2, -0.15) is 0 Å². The molecule has 2 rings (SSSR count). The van der Waals surface area contributed by atoms with Crippen LogP contribution in [0.25, 0.3) is 0 Å². The van der Waals surface area contributed by atoms with E-state index >= 15 is 0 Å². The van der Waals surface area contributed by atoms with Crippen molar-refractivity contribution >= 4 is 29.1 Å². The first-order chi connectivity index (χ1) is 11.4. The molecule has 2 N–H and O–H groups in total. The van der Waals surface area contributed by atoms with Gasteiger partial charge in [0.25, 0.3) is 5.91 Å². The van der Waals surface area contributed by atoms with Crippen LogP contribution in [0.5, 0.6) is 0 Å². The van der Waals surface area contributed by atoms with E-state index < -0.39 is 23.7 Å². The number of hydrogen-bond acceptors (Lipinski definition) is 2. The van der Waals surface area contributed by atoms with Crippen molar-refractivity contribution < 1.29 is 14.0 Å². The van der Waals surface area contributed by atoms with Crippen LogP contribution < -0.4 is 10.6 Å². The highest BCUT2D eigenvalue weighted by molar-refractivity contribution is 6.33. The van der Waals surface area contributed by atoms with Crippen molar-refractivity contribution in [2.75, 3.05) is 5.32 Å². The normalized spacial score (nSPS) is 11.9. The Balaban J connectivity index is 2.15. The molecule has 0 heterocycles. The van der Waals surface area contributed by atoms with Crippen LogP contribution in [0.15, 0.2) is 48.5 Å². The summed E-state index contributed by atoms with van der Waals surface area (Å²) in [6, 6.07) is 11.6. The Labute approximate surface area is 145 Å². The van der Waals surface area contributed by atoms with Crippen molar-refractivity contribution in [3.05, 3.63) is 64.9 Å². The number of rotatable bonds is 5. The highest BCUT2D eigenvalue weighted by Crippen LogP contribution is 2.21. The Morgan fingerprint density at radius 2 is 1.67 bits per heavy atom. The number of halogens is 2. The second-order valence-electron chi connectivity index (χ2n) is 5.64. The van der Waals surface area contributed by atoms with Gasteiger partial charge in [0.2, 0.25) is 5.91 Å². The zero-order valence-electron chi connectivity index (χ0n) is 13.3. The van der Waals surface area contributed by atoms with Gasteiger partial charge in [0.05, 0.1) is 16.3 Å². The van der Waals surface area contributed by atoms with Gasteiger partial charge in [-0.15, -0.1) is 0 Å². The monoisotopic (exact) mass is 348 g/mol.